The van der Waals surface area contributed by atoms with E-state index in [0.29, 0.717) is 16.6 Å². The topological polar surface area (TPSA) is 119 Å². The molecule has 9 heteroatoms. The van der Waals surface area contributed by atoms with Crippen LogP contribution in [0.3, 0.4) is 0 Å². The largest absolute Gasteiger partial charge is 0.354 e. The van der Waals surface area contributed by atoms with Crippen LogP contribution in [0.2, 0.25) is 0 Å². The molecule has 0 atom stereocenters. The third-order valence-corrected chi connectivity index (χ3v) is 4.68. The van der Waals surface area contributed by atoms with Gasteiger partial charge in [-0.05, 0) is 17.7 Å². The highest BCUT2D eigenvalue weighted by Crippen LogP contribution is 2.39. The Morgan fingerprint density at radius 2 is 1.96 bits per heavy atom. The van der Waals surface area contributed by atoms with Crippen LogP contribution in [0.5, 0.6) is 0 Å². The minimum Gasteiger partial charge on any atom is -0.354 e. The number of hydrogen-bond donors (Lipinski definition) is 4. The molecular formula is C14H12N3O4PS. The number of aromatic amines is 2. The number of aromatic nitrogens is 3. The Labute approximate surface area is 134 Å². The normalized spacial score (nSPS) is 12.3. The van der Waals surface area contributed by atoms with Gasteiger partial charge < -0.3 is 19.8 Å². The fourth-order valence-corrected chi connectivity index (χ4v) is 3.37. The second kappa shape index (κ2) is 6.17. The van der Waals surface area contributed by atoms with Crippen LogP contribution < -0.4 is 5.56 Å². The van der Waals surface area contributed by atoms with Crippen molar-refractivity contribution in [2.45, 2.75) is 9.79 Å². The molecule has 0 unspecified atom stereocenters. The first kappa shape index (κ1) is 15.8. The molecule has 7 nitrogen and oxygen atoms in total. The van der Waals surface area contributed by atoms with Crippen molar-refractivity contribution >= 4 is 36.5 Å². The summed E-state index contributed by atoms with van der Waals surface area (Å²) in [5.41, 5.74) is 1.35. The summed E-state index contributed by atoms with van der Waals surface area (Å²) < 4.78 is 11.0. The summed E-state index contributed by atoms with van der Waals surface area (Å²) in [6, 6.07) is 7.19. The zero-order valence-corrected chi connectivity index (χ0v) is 13.3. The lowest BCUT2D eigenvalue weighted by Gasteiger charge is -2.05. The van der Waals surface area contributed by atoms with Crippen LogP contribution in [0.25, 0.3) is 17.1 Å². The lowest BCUT2D eigenvalue weighted by Crippen LogP contribution is -2.05. The van der Waals surface area contributed by atoms with E-state index >= 15 is 0 Å². The van der Waals surface area contributed by atoms with Gasteiger partial charge in [0.1, 0.15) is 11.0 Å². The molecule has 0 aliphatic carbocycles. The van der Waals surface area contributed by atoms with Crippen LogP contribution in [-0.4, -0.2) is 24.7 Å². The van der Waals surface area contributed by atoms with E-state index in [1.165, 1.54) is 24.2 Å². The SMILES string of the molecule is O=c1[nH]cnc2c(Sc3ccccc3/C=C/P(=O)(O)O)c[nH]c12. The van der Waals surface area contributed by atoms with E-state index in [1.807, 2.05) is 12.1 Å². The number of nitrogens with one attached hydrogen (secondary N) is 2. The summed E-state index contributed by atoms with van der Waals surface area (Å²) in [6.45, 7) is 0. The third kappa shape index (κ3) is 3.62. The molecule has 0 saturated carbocycles. The lowest BCUT2D eigenvalue weighted by atomic mass is 10.2. The van der Waals surface area contributed by atoms with Gasteiger partial charge >= 0.3 is 7.60 Å². The van der Waals surface area contributed by atoms with Crippen molar-refractivity contribution in [1.82, 2.24) is 15.0 Å². The quantitative estimate of drug-likeness (QED) is 0.538. The Bertz CT molecular complexity index is 989. The average molecular weight is 349 g/mol. The number of fused-ring (bicyclic) bond motifs is 1. The maximum atomic E-state index is 11.7. The number of H-pyrrole nitrogens is 2. The maximum absolute atomic E-state index is 11.7. The number of nitrogens with zero attached hydrogens (tertiary/aromatic N) is 1. The molecule has 118 valence electrons. The molecule has 0 amide bonds. The van der Waals surface area contributed by atoms with Crippen molar-refractivity contribution in [3.63, 3.8) is 0 Å². The molecule has 0 aliphatic rings. The van der Waals surface area contributed by atoms with Gasteiger partial charge in [0.2, 0.25) is 0 Å². The Balaban J connectivity index is 2.00. The Morgan fingerprint density at radius 3 is 2.74 bits per heavy atom. The first-order valence-electron chi connectivity index (χ1n) is 6.50. The summed E-state index contributed by atoms with van der Waals surface area (Å²) in [6.07, 6.45) is 4.40. The van der Waals surface area contributed by atoms with Crippen LogP contribution in [-0.2, 0) is 4.57 Å². The van der Waals surface area contributed by atoms with Crippen LogP contribution in [0.15, 0.2) is 57.2 Å². The predicted molar refractivity (Wildman–Crippen MR) is 88.4 cm³/mol. The molecule has 0 fully saturated rings. The summed E-state index contributed by atoms with van der Waals surface area (Å²) in [5, 5.41) is 0. The second-order valence-corrected chi connectivity index (χ2v) is 7.21. The number of rotatable bonds is 4. The lowest BCUT2D eigenvalue weighted by molar-refractivity contribution is 0.386. The van der Waals surface area contributed by atoms with E-state index < -0.39 is 7.60 Å². The van der Waals surface area contributed by atoms with Crippen molar-refractivity contribution in [1.29, 1.82) is 0 Å². The molecule has 4 N–H and O–H groups in total. The molecule has 2 aromatic heterocycles. The van der Waals surface area contributed by atoms with E-state index in [9.17, 15) is 9.36 Å². The summed E-state index contributed by atoms with van der Waals surface area (Å²) in [4.78, 5) is 40.7. The highest BCUT2D eigenvalue weighted by atomic mass is 32.2. The standard InChI is InChI=1S/C14H12N3O4PS/c18-14-13-12(16-8-17-14)11(7-15-13)23-10-4-2-1-3-9(10)5-6-22(19,20)21/h1-8,15H,(H,16,17,18)(H2,19,20,21)/b6-5+. The van der Waals surface area contributed by atoms with Crippen LogP contribution in [0.1, 0.15) is 5.56 Å². The molecule has 3 aromatic rings. The van der Waals surface area contributed by atoms with Gasteiger partial charge in [0.05, 0.1) is 11.2 Å². The van der Waals surface area contributed by atoms with Crippen molar-refractivity contribution in [2.24, 2.45) is 0 Å². The van der Waals surface area contributed by atoms with Gasteiger partial charge in [0.15, 0.2) is 0 Å². The van der Waals surface area contributed by atoms with Gasteiger partial charge in [-0.15, -0.1) is 0 Å². The van der Waals surface area contributed by atoms with Crippen LogP contribution in [0, 0.1) is 0 Å². The first-order chi connectivity index (χ1) is 10.9. The van der Waals surface area contributed by atoms with E-state index in [-0.39, 0.29) is 5.56 Å². The van der Waals surface area contributed by atoms with Crippen molar-refractivity contribution in [3.8, 4) is 0 Å². The maximum Gasteiger partial charge on any atom is 0.349 e. The molecule has 0 saturated heterocycles. The van der Waals surface area contributed by atoms with E-state index in [4.69, 9.17) is 9.79 Å². The minimum atomic E-state index is -4.22. The van der Waals surface area contributed by atoms with Gasteiger partial charge in [-0.1, -0.05) is 30.0 Å². The van der Waals surface area contributed by atoms with Gasteiger partial charge in [0, 0.05) is 16.9 Å². The van der Waals surface area contributed by atoms with Gasteiger partial charge in [-0.2, -0.15) is 0 Å². The Kier molecular flexibility index (Phi) is 4.23. The van der Waals surface area contributed by atoms with E-state index in [2.05, 4.69) is 15.0 Å². The van der Waals surface area contributed by atoms with Crippen molar-refractivity contribution < 1.29 is 14.4 Å². The molecular weight excluding hydrogens is 337 g/mol. The predicted octanol–water partition coefficient (Wildman–Crippen LogP) is 2.55. The molecule has 0 spiro atoms. The molecule has 0 aliphatic heterocycles. The number of benzene rings is 1. The summed E-state index contributed by atoms with van der Waals surface area (Å²) in [5.74, 6) is 0.866. The fourth-order valence-electron chi connectivity index (χ4n) is 2.01. The summed E-state index contributed by atoms with van der Waals surface area (Å²) >= 11 is 1.36. The Morgan fingerprint density at radius 1 is 1.17 bits per heavy atom. The monoisotopic (exact) mass is 349 g/mol. The van der Waals surface area contributed by atoms with Crippen molar-refractivity contribution in [3.05, 3.63) is 58.5 Å². The molecule has 0 bridgehead atoms. The third-order valence-electron chi connectivity index (χ3n) is 3.02. The fraction of sp³-hybridized carbons (Fsp3) is 0. The molecule has 1 aromatic carbocycles. The highest BCUT2D eigenvalue weighted by molar-refractivity contribution is 7.99. The molecule has 3 rings (SSSR count). The van der Waals surface area contributed by atoms with Crippen LogP contribution >= 0.6 is 19.4 Å². The van der Waals surface area contributed by atoms with E-state index in [1.54, 1.807) is 18.3 Å². The number of hydrogen-bond acceptors (Lipinski definition) is 4. The van der Waals surface area contributed by atoms with Gasteiger partial charge in [-0.25, -0.2) is 4.98 Å². The zero-order chi connectivity index (χ0) is 16.4. The first-order valence-corrected chi connectivity index (χ1v) is 9.00. The zero-order valence-electron chi connectivity index (χ0n) is 11.6. The molecule has 23 heavy (non-hydrogen) atoms. The highest BCUT2D eigenvalue weighted by Gasteiger charge is 2.11. The van der Waals surface area contributed by atoms with Gasteiger partial charge in [0.25, 0.3) is 5.56 Å². The molecule has 2 heterocycles. The van der Waals surface area contributed by atoms with Crippen LogP contribution in [0.4, 0.5) is 0 Å². The minimum absolute atomic E-state index is 0.253. The average Bonchev–Trinajstić information content (AvgIpc) is 2.90. The van der Waals surface area contributed by atoms with Gasteiger partial charge in [-0.3, -0.25) is 9.36 Å². The van der Waals surface area contributed by atoms with Crippen molar-refractivity contribution in [2.75, 3.05) is 0 Å². The smallest absolute Gasteiger partial charge is 0.349 e. The second-order valence-electron chi connectivity index (χ2n) is 4.65. The molecule has 0 radical (unpaired) electrons. The summed E-state index contributed by atoms with van der Waals surface area (Å²) in [7, 11) is -4.22. The van der Waals surface area contributed by atoms with E-state index in [0.717, 1.165) is 15.6 Å². The Hall–Kier alpha value is -2.12.